The van der Waals surface area contributed by atoms with Gasteiger partial charge in [-0.05, 0) is 33.7 Å². The van der Waals surface area contributed by atoms with Crippen LogP contribution in [-0.4, -0.2) is 45.1 Å². The Kier molecular flexibility index (Phi) is 5.77. The number of carbonyl (C=O) groups excluding carboxylic acids is 1. The Morgan fingerprint density at radius 2 is 1.83 bits per heavy atom. The van der Waals surface area contributed by atoms with Crippen LogP contribution in [0.3, 0.4) is 0 Å². The lowest BCUT2D eigenvalue weighted by Gasteiger charge is -2.22. The SMILES string of the molecule is COc1cc(NC(=O)OC(C)(C)C)c(OC2CCNC2)cc1OC. The summed E-state index contributed by atoms with van der Waals surface area (Å²) in [6.07, 6.45) is 0.395. The van der Waals surface area contributed by atoms with Crippen molar-refractivity contribution < 1.29 is 23.7 Å². The molecule has 2 N–H and O–H groups in total. The van der Waals surface area contributed by atoms with Gasteiger partial charge in [-0.2, -0.15) is 0 Å². The van der Waals surface area contributed by atoms with Crippen LogP contribution in [0.25, 0.3) is 0 Å². The molecule has 24 heavy (non-hydrogen) atoms. The zero-order valence-corrected chi connectivity index (χ0v) is 14.9. The summed E-state index contributed by atoms with van der Waals surface area (Å²) in [5.41, 5.74) is -0.106. The number of ether oxygens (including phenoxy) is 4. The molecule has 1 aromatic carbocycles. The molecular formula is C17H26N2O5. The Morgan fingerprint density at radius 3 is 2.38 bits per heavy atom. The summed E-state index contributed by atoms with van der Waals surface area (Å²) < 4.78 is 21.9. The number of anilines is 1. The van der Waals surface area contributed by atoms with Gasteiger partial charge in [0.15, 0.2) is 11.5 Å². The summed E-state index contributed by atoms with van der Waals surface area (Å²) >= 11 is 0. The molecule has 0 saturated carbocycles. The van der Waals surface area contributed by atoms with Gasteiger partial charge in [-0.25, -0.2) is 4.79 Å². The van der Waals surface area contributed by atoms with Crippen molar-refractivity contribution in [3.05, 3.63) is 12.1 Å². The zero-order valence-electron chi connectivity index (χ0n) is 14.9. The van der Waals surface area contributed by atoms with E-state index in [9.17, 15) is 4.79 Å². The molecule has 1 aromatic rings. The number of hydrogen-bond donors (Lipinski definition) is 2. The fraction of sp³-hybridized carbons (Fsp3) is 0.588. The van der Waals surface area contributed by atoms with Crippen molar-refractivity contribution >= 4 is 11.8 Å². The van der Waals surface area contributed by atoms with Gasteiger partial charge in [0, 0.05) is 18.7 Å². The maximum absolute atomic E-state index is 12.1. The van der Waals surface area contributed by atoms with Crippen LogP contribution < -0.4 is 24.8 Å². The number of methoxy groups -OCH3 is 2. The lowest BCUT2D eigenvalue weighted by Crippen LogP contribution is -2.27. The standard InChI is InChI=1S/C17H26N2O5/c1-17(2,3)24-16(20)19-12-8-14(21-4)15(22-5)9-13(12)23-11-6-7-18-10-11/h8-9,11,18H,6-7,10H2,1-5H3,(H,19,20). The molecule has 1 atom stereocenters. The quantitative estimate of drug-likeness (QED) is 0.859. The van der Waals surface area contributed by atoms with E-state index in [0.29, 0.717) is 22.9 Å². The number of rotatable bonds is 5. The minimum atomic E-state index is -0.586. The van der Waals surface area contributed by atoms with Crippen molar-refractivity contribution in [2.24, 2.45) is 0 Å². The first-order valence-electron chi connectivity index (χ1n) is 7.96. The van der Waals surface area contributed by atoms with Crippen LogP contribution in [-0.2, 0) is 4.74 Å². The monoisotopic (exact) mass is 338 g/mol. The van der Waals surface area contributed by atoms with Crippen LogP contribution in [0.5, 0.6) is 17.2 Å². The maximum atomic E-state index is 12.1. The van der Waals surface area contributed by atoms with Gasteiger partial charge >= 0.3 is 6.09 Å². The van der Waals surface area contributed by atoms with E-state index in [4.69, 9.17) is 18.9 Å². The lowest BCUT2D eigenvalue weighted by atomic mass is 10.2. The van der Waals surface area contributed by atoms with Gasteiger partial charge in [0.2, 0.25) is 0 Å². The summed E-state index contributed by atoms with van der Waals surface area (Å²) in [7, 11) is 3.09. The highest BCUT2D eigenvalue weighted by molar-refractivity contribution is 5.88. The van der Waals surface area contributed by atoms with Gasteiger partial charge in [-0.15, -0.1) is 0 Å². The average molecular weight is 338 g/mol. The van der Waals surface area contributed by atoms with Crippen molar-refractivity contribution in [3.8, 4) is 17.2 Å². The molecule has 1 heterocycles. The van der Waals surface area contributed by atoms with Crippen LogP contribution in [0, 0.1) is 0 Å². The highest BCUT2D eigenvalue weighted by Gasteiger charge is 2.22. The smallest absolute Gasteiger partial charge is 0.412 e. The molecule has 1 aliphatic rings. The summed E-state index contributed by atoms with van der Waals surface area (Å²) in [5.74, 6) is 1.56. The Labute approximate surface area is 142 Å². The molecule has 1 amide bonds. The summed E-state index contributed by atoms with van der Waals surface area (Å²) in [5, 5.41) is 5.97. The van der Waals surface area contributed by atoms with Crippen LogP contribution in [0.4, 0.5) is 10.5 Å². The summed E-state index contributed by atoms with van der Waals surface area (Å²) in [4.78, 5) is 12.1. The first kappa shape index (κ1) is 18.2. The predicted octanol–water partition coefficient (Wildman–Crippen LogP) is 2.79. The van der Waals surface area contributed by atoms with Crippen LogP contribution >= 0.6 is 0 Å². The predicted molar refractivity (Wildman–Crippen MR) is 91.3 cm³/mol. The van der Waals surface area contributed by atoms with Gasteiger partial charge in [-0.1, -0.05) is 0 Å². The van der Waals surface area contributed by atoms with Crippen molar-refractivity contribution in [2.75, 3.05) is 32.6 Å². The number of carbonyl (C=O) groups is 1. The number of benzene rings is 1. The van der Waals surface area contributed by atoms with E-state index >= 15 is 0 Å². The topological polar surface area (TPSA) is 78.1 Å². The lowest BCUT2D eigenvalue weighted by molar-refractivity contribution is 0.0635. The average Bonchev–Trinajstić information content (AvgIpc) is 2.99. The molecule has 7 nitrogen and oxygen atoms in total. The summed E-state index contributed by atoms with van der Waals surface area (Å²) in [6, 6.07) is 3.38. The van der Waals surface area contributed by atoms with E-state index in [1.54, 1.807) is 19.2 Å². The molecule has 7 heteroatoms. The normalized spacial score (nSPS) is 17.3. The van der Waals surface area contributed by atoms with Gasteiger partial charge in [-0.3, -0.25) is 5.32 Å². The second-order valence-electron chi connectivity index (χ2n) is 6.56. The van der Waals surface area contributed by atoms with Gasteiger partial charge < -0.3 is 24.3 Å². The first-order chi connectivity index (χ1) is 11.3. The molecular weight excluding hydrogens is 312 g/mol. The van der Waals surface area contributed by atoms with Gasteiger partial charge in [0.25, 0.3) is 0 Å². The van der Waals surface area contributed by atoms with E-state index < -0.39 is 11.7 Å². The highest BCUT2D eigenvalue weighted by Crippen LogP contribution is 2.39. The molecule has 1 fully saturated rings. The van der Waals surface area contributed by atoms with Crippen molar-refractivity contribution in [2.45, 2.75) is 38.9 Å². The molecule has 0 radical (unpaired) electrons. The van der Waals surface area contributed by atoms with E-state index in [-0.39, 0.29) is 6.10 Å². The van der Waals surface area contributed by atoms with Crippen LogP contribution in [0.1, 0.15) is 27.2 Å². The number of hydrogen-bond acceptors (Lipinski definition) is 6. The molecule has 0 aromatic heterocycles. The highest BCUT2D eigenvalue weighted by atomic mass is 16.6. The fourth-order valence-electron chi connectivity index (χ4n) is 2.38. The third-order valence-electron chi connectivity index (χ3n) is 3.43. The minimum Gasteiger partial charge on any atom is -0.493 e. The second-order valence-corrected chi connectivity index (χ2v) is 6.56. The van der Waals surface area contributed by atoms with Crippen molar-refractivity contribution in [1.82, 2.24) is 5.32 Å². The van der Waals surface area contributed by atoms with E-state index in [0.717, 1.165) is 19.5 Å². The van der Waals surface area contributed by atoms with Crippen molar-refractivity contribution in [1.29, 1.82) is 0 Å². The first-order valence-corrected chi connectivity index (χ1v) is 7.96. The van der Waals surface area contributed by atoms with E-state index in [1.165, 1.54) is 7.11 Å². The number of nitrogens with one attached hydrogen (secondary N) is 2. The Bertz CT molecular complexity index is 577. The zero-order chi connectivity index (χ0) is 17.7. The molecule has 134 valence electrons. The Hall–Kier alpha value is -2.15. The maximum Gasteiger partial charge on any atom is 0.412 e. The molecule has 0 bridgehead atoms. The van der Waals surface area contributed by atoms with Crippen LogP contribution in [0.15, 0.2) is 12.1 Å². The minimum absolute atomic E-state index is 0.0438. The largest absolute Gasteiger partial charge is 0.493 e. The van der Waals surface area contributed by atoms with Crippen molar-refractivity contribution in [3.63, 3.8) is 0 Å². The van der Waals surface area contributed by atoms with E-state index in [2.05, 4.69) is 10.6 Å². The van der Waals surface area contributed by atoms with Crippen LogP contribution in [0.2, 0.25) is 0 Å². The molecule has 1 aliphatic heterocycles. The third-order valence-corrected chi connectivity index (χ3v) is 3.43. The van der Waals surface area contributed by atoms with Gasteiger partial charge in [0.05, 0.1) is 19.9 Å². The molecule has 2 rings (SSSR count). The molecule has 1 saturated heterocycles. The molecule has 1 unspecified atom stereocenters. The molecule has 0 aliphatic carbocycles. The summed E-state index contributed by atoms with van der Waals surface area (Å²) in [6.45, 7) is 7.10. The van der Waals surface area contributed by atoms with Gasteiger partial charge in [0.1, 0.15) is 17.5 Å². The van der Waals surface area contributed by atoms with E-state index in [1.807, 2.05) is 20.8 Å². The third kappa shape index (κ3) is 4.92. The fourth-order valence-corrected chi connectivity index (χ4v) is 2.38. The molecule has 0 spiro atoms. The Balaban J connectivity index is 2.26. The number of amides is 1. The Morgan fingerprint density at radius 1 is 1.17 bits per heavy atom. The second kappa shape index (κ2) is 7.61.